The minimum Gasteiger partial charge on any atom is -0.454 e. The van der Waals surface area contributed by atoms with Crippen LogP contribution in [0.3, 0.4) is 0 Å². The predicted octanol–water partition coefficient (Wildman–Crippen LogP) is 2.69. The van der Waals surface area contributed by atoms with E-state index in [0.29, 0.717) is 17.2 Å². The van der Waals surface area contributed by atoms with Gasteiger partial charge in [-0.2, -0.15) is 0 Å². The van der Waals surface area contributed by atoms with Crippen molar-refractivity contribution in [3.8, 4) is 11.5 Å². The fourth-order valence-electron chi connectivity index (χ4n) is 1.98. The highest BCUT2D eigenvalue weighted by Crippen LogP contribution is 2.34. The Kier molecular flexibility index (Phi) is 4.24. The second kappa shape index (κ2) is 6.33. The lowest BCUT2D eigenvalue weighted by atomic mass is 10.2. The molecule has 0 saturated heterocycles. The van der Waals surface area contributed by atoms with Crippen LogP contribution in [0.2, 0.25) is 0 Å². The highest BCUT2D eigenvalue weighted by Gasteiger charge is 2.21. The number of amides is 1. The van der Waals surface area contributed by atoms with Crippen molar-refractivity contribution in [1.82, 2.24) is 4.98 Å². The molecule has 120 valence electrons. The number of benzene rings is 1. The van der Waals surface area contributed by atoms with Crippen LogP contribution in [-0.2, 0) is 9.53 Å². The minimum atomic E-state index is -0.949. The highest BCUT2D eigenvalue weighted by molar-refractivity contribution is 9.10. The molecule has 7 nitrogen and oxygen atoms in total. The summed E-state index contributed by atoms with van der Waals surface area (Å²) in [7, 11) is 0. The van der Waals surface area contributed by atoms with E-state index in [4.69, 9.17) is 14.2 Å². The summed E-state index contributed by atoms with van der Waals surface area (Å²) in [6.07, 6.45) is 0.656. The molecule has 0 spiro atoms. The summed E-state index contributed by atoms with van der Waals surface area (Å²) in [5.74, 6) is 0.135. The Morgan fingerprint density at radius 1 is 1.30 bits per heavy atom. The molecule has 0 saturated carbocycles. The molecule has 0 bridgehead atoms. The summed E-state index contributed by atoms with van der Waals surface area (Å²) in [6, 6.07) is 6.61. The fraction of sp³-hybridized carbons (Fsp3) is 0.200. The molecule has 1 aromatic carbocycles. The summed E-state index contributed by atoms with van der Waals surface area (Å²) < 4.78 is 16.3. The lowest BCUT2D eigenvalue weighted by Crippen LogP contribution is -2.30. The van der Waals surface area contributed by atoms with E-state index in [2.05, 4.69) is 26.2 Å². The average molecular weight is 381 g/mol. The van der Waals surface area contributed by atoms with Gasteiger partial charge in [-0.05, 0) is 41.1 Å². The second-order valence-corrected chi connectivity index (χ2v) is 5.75. The summed E-state index contributed by atoms with van der Waals surface area (Å²) in [5, 5.41) is 2.66. The van der Waals surface area contributed by atoms with Crippen molar-refractivity contribution in [2.24, 2.45) is 0 Å². The third-order valence-corrected chi connectivity index (χ3v) is 3.62. The van der Waals surface area contributed by atoms with Gasteiger partial charge in [0, 0.05) is 22.4 Å². The number of esters is 1. The Morgan fingerprint density at radius 3 is 2.83 bits per heavy atom. The van der Waals surface area contributed by atoms with Crippen LogP contribution in [-0.4, -0.2) is 29.8 Å². The number of nitrogens with one attached hydrogen (secondary N) is 2. The first-order valence-electron chi connectivity index (χ1n) is 6.78. The molecule has 1 atom stereocenters. The largest absolute Gasteiger partial charge is 0.454 e. The lowest BCUT2D eigenvalue weighted by Gasteiger charge is -2.13. The summed E-state index contributed by atoms with van der Waals surface area (Å²) in [6.45, 7) is 1.66. The molecule has 2 N–H and O–H groups in total. The van der Waals surface area contributed by atoms with E-state index in [1.165, 1.54) is 6.92 Å². The molecule has 2 aromatic rings. The molecule has 0 fully saturated rings. The zero-order valence-electron chi connectivity index (χ0n) is 12.1. The van der Waals surface area contributed by atoms with Crippen LogP contribution in [0.25, 0.3) is 0 Å². The van der Waals surface area contributed by atoms with Gasteiger partial charge in [-0.15, -0.1) is 0 Å². The molecule has 2 heterocycles. The summed E-state index contributed by atoms with van der Waals surface area (Å²) in [5.41, 5.74) is 0.796. The number of fused-ring (bicyclic) bond motifs is 1. The van der Waals surface area contributed by atoms with Gasteiger partial charge in [0.1, 0.15) is 5.69 Å². The molecule has 1 aliphatic rings. The molecule has 23 heavy (non-hydrogen) atoms. The monoisotopic (exact) mass is 380 g/mol. The number of hydrogen-bond donors (Lipinski definition) is 2. The van der Waals surface area contributed by atoms with Crippen LogP contribution in [0.1, 0.15) is 17.4 Å². The molecular formula is C15H13BrN2O5. The molecule has 8 heteroatoms. The van der Waals surface area contributed by atoms with E-state index < -0.39 is 18.0 Å². The van der Waals surface area contributed by atoms with Crippen molar-refractivity contribution >= 4 is 33.5 Å². The molecule has 0 aliphatic carbocycles. The van der Waals surface area contributed by atoms with Crippen molar-refractivity contribution in [3.05, 3.63) is 40.6 Å². The second-order valence-electron chi connectivity index (χ2n) is 4.84. The number of aromatic amines is 1. The third kappa shape index (κ3) is 3.48. The Labute approximate surface area is 140 Å². The van der Waals surface area contributed by atoms with Gasteiger partial charge in [0.05, 0.1) is 0 Å². The predicted molar refractivity (Wildman–Crippen MR) is 84.6 cm³/mol. The number of rotatable bonds is 4. The van der Waals surface area contributed by atoms with Gasteiger partial charge >= 0.3 is 5.97 Å². The maximum atomic E-state index is 12.1. The molecule has 0 radical (unpaired) electrons. The zero-order valence-corrected chi connectivity index (χ0v) is 13.7. The minimum absolute atomic E-state index is 0.159. The van der Waals surface area contributed by atoms with E-state index in [9.17, 15) is 9.59 Å². The van der Waals surface area contributed by atoms with Crippen LogP contribution >= 0.6 is 15.9 Å². The molecule has 1 aliphatic heterocycles. The quantitative estimate of drug-likeness (QED) is 0.795. The van der Waals surface area contributed by atoms with Crippen molar-refractivity contribution in [2.75, 3.05) is 12.1 Å². The Hall–Kier alpha value is -2.48. The van der Waals surface area contributed by atoms with E-state index in [1.807, 2.05) is 0 Å². The summed E-state index contributed by atoms with van der Waals surface area (Å²) >= 11 is 3.22. The number of carbonyl (C=O) groups excluding carboxylic acids is 2. The standard InChI is InChI=1S/C15H13BrN2O5/c1-8(23-15(20)11-4-9(16)6-17-11)14(19)18-10-2-3-12-13(5-10)22-7-21-12/h2-6,8,17H,7H2,1H3,(H,18,19). The lowest BCUT2D eigenvalue weighted by molar-refractivity contribution is -0.123. The zero-order chi connectivity index (χ0) is 16.4. The molecule has 1 amide bonds. The van der Waals surface area contributed by atoms with Crippen molar-refractivity contribution in [3.63, 3.8) is 0 Å². The first kappa shape index (κ1) is 15.4. The SMILES string of the molecule is CC(OC(=O)c1cc(Br)c[nH]1)C(=O)Nc1ccc2c(c1)OCO2. The number of anilines is 1. The number of aromatic nitrogens is 1. The number of carbonyl (C=O) groups is 2. The molecule has 1 aromatic heterocycles. The van der Waals surface area contributed by atoms with Crippen LogP contribution in [0.15, 0.2) is 34.9 Å². The van der Waals surface area contributed by atoms with E-state index >= 15 is 0 Å². The fourth-order valence-corrected chi connectivity index (χ4v) is 2.32. The van der Waals surface area contributed by atoms with Crippen LogP contribution in [0.5, 0.6) is 11.5 Å². The summed E-state index contributed by atoms with van der Waals surface area (Å²) in [4.78, 5) is 26.7. The smallest absolute Gasteiger partial charge is 0.355 e. The maximum Gasteiger partial charge on any atom is 0.355 e. The number of halogens is 1. The van der Waals surface area contributed by atoms with Crippen LogP contribution in [0.4, 0.5) is 5.69 Å². The van der Waals surface area contributed by atoms with Gasteiger partial charge in [0.15, 0.2) is 17.6 Å². The average Bonchev–Trinajstić information content (AvgIpc) is 3.15. The van der Waals surface area contributed by atoms with E-state index in [1.54, 1.807) is 30.5 Å². The number of ether oxygens (including phenoxy) is 3. The van der Waals surface area contributed by atoms with Gasteiger partial charge in [0.25, 0.3) is 5.91 Å². The normalized spacial score (nSPS) is 13.5. The van der Waals surface area contributed by atoms with Crippen LogP contribution in [0, 0.1) is 0 Å². The highest BCUT2D eigenvalue weighted by atomic mass is 79.9. The first-order chi connectivity index (χ1) is 11.0. The topological polar surface area (TPSA) is 89.7 Å². The first-order valence-corrected chi connectivity index (χ1v) is 7.57. The van der Waals surface area contributed by atoms with Crippen molar-refractivity contribution in [2.45, 2.75) is 13.0 Å². The molecule has 3 rings (SSSR count). The van der Waals surface area contributed by atoms with Gasteiger partial charge < -0.3 is 24.5 Å². The number of H-pyrrole nitrogens is 1. The van der Waals surface area contributed by atoms with Gasteiger partial charge in [-0.3, -0.25) is 4.79 Å². The molecular weight excluding hydrogens is 368 g/mol. The van der Waals surface area contributed by atoms with Gasteiger partial charge in [-0.1, -0.05) is 0 Å². The molecule has 1 unspecified atom stereocenters. The van der Waals surface area contributed by atoms with Gasteiger partial charge in [0.2, 0.25) is 6.79 Å². The third-order valence-electron chi connectivity index (χ3n) is 3.16. The Morgan fingerprint density at radius 2 is 2.09 bits per heavy atom. The van der Waals surface area contributed by atoms with Crippen molar-refractivity contribution in [1.29, 1.82) is 0 Å². The van der Waals surface area contributed by atoms with Crippen LogP contribution < -0.4 is 14.8 Å². The van der Waals surface area contributed by atoms with Crippen molar-refractivity contribution < 1.29 is 23.8 Å². The maximum absolute atomic E-state index is 12.1. The van der Waals surface area contributed by atoms with Gasteiger partial charge in [-0.25, -0.2) is 4.79 Å². The van der Waals surface area contributed by atoms with E-state index in [-0.39, 0.29) is 12.5 Å². The Bertz CT molecular complexity index is 758. The van der Waals surface area contributed by atoms with E-state index in [0.717, 1.165) is 4.47 Å². The number of hydrogen-bond acceptors (Lipinski definition) is 5. The Balaban J connectivity index is 1.60.